The molecule has 0 bridgehead atoms. The number of methoxy groups -OCH3 is 1. The van der Waals surface area contributed by atoms with Crippen LogP contribution in [0, 0.1) is 0 Å². The average Bonchev–Trinajstić information content (AvgIpc) is 2.98. The summed E-state index contributed by atoms with van der Waals surface area (Å²) in [6, 6.07) is 12.6. The van der Waals surface area contributed by atoms with E-state index >= 15 is 0 Å². The summed E-state index contributed by atoms with van der Waals surface area (Å²) in [6.45, 7) is 0.327. The summed E-state index contributed by atoms with van der Waals surface area (Å²) in [6.07, 6.45) is 2.53. The molecule has 2 aromatic carbocycles. The van der Waals surface area contributed by atoms with Gasteiger partial charge in [-0.1, -0.05) is 18.2 Å². The maximum Gasteiger partial charge on any atom is 0.240 e. The van der Waals surface area contributed by atoms with Crippen LogP contribution >= 0.6 is 15.9 Å². The SMILES string of the molecule is COc1ccc(S(=O)(=O)NCCc2c[nH]c3ccccc23)cc1Br. The molecule has 24 heavy (non-hydrogen) atoms. The first-order valence-corrected chi connectivity index (χ1v) is 9.67. The number of hydrogen-bond acceptors (Lipinski definition) is 3. The van der Waals surface area contributed by atoms with Gasteiger partial charge in [0, 0.05) is 23.6 Å². The normalized spacial score (nSPS) is 11.8. The van der Waals surface area contributed by atoms with Gasteiger partial charge in [0.15, 0.2) is 0 Å². The lowest BCUT2D eigenvalue weighted by atomic mass is 10.1. The number of aromatic nitrogens is 1. The Kier molecular flexibility index (Phi) is 4.93. The van der Waals surface area contributed by atoms with Crippen LogP contribution in [0.15, 0.2) is 58.0 Å². The second kappa shape index (κ2) is 6.96. The molecule has 126 valence electrons. The lowest BCUT2D eigenvalue weighted by Crippen LogP contribution is -2.26. The highest BCUT2D eigenvalue weighted by Gasteiger charge is 2.15. The van der Waals surface area contributed by atoms with Crippen LogP contribution in [0.2, 0.25) is 0 Å². The average molecular weight is 409 g/mol. The molecule has 0 radical (unpaired) electrons. The molecule has 0 saturated carbocycles. The lowest BCUT2D eigenvalue weighted by molar-refractivity contribution is 0.411. The van der Waals surface area contributed by atoms with E-state index in [0.29, 0.717) is 23.2 Å². The van der Waals surface area contributed by atoms with Gasteiger partial charge in [0.2, 0.25) is 10.0 Å². The van der Waals surface area contributed by atoms with Crippen LogP contribution in [0.3, 0.4) is 0 Å². The highest BCUT2D eigenvalue weighted by atomic mass is 79.9. The van der Waals surface area contributed by atoms with Crippen LogP contribution in [0.25, 0.3) is 10.9 Å². The van der Waals surface area contributed by atoms with Crippen LogP contribution in [0.1, 0.15) is 5.56 Å². The van der Waals surface area contributed by atoms with Crippen molar-refractivity contribution in [1.29, 1.82) is 0 Å². The topological polar surface area (TPSA) is 71.2 Å². The number of halogens is 1. The van der Waals surface area contributed by atoms with Crippen LogP contribution in [-0.4, -0.2) is 27.1 Å². The van der Waals surface area contributed by atoms with E-state index in [2.05, 4.69) is 25.6 Å². The standard InChI is InChI=1S/C17H17BrN2O3S/c1-23-17-7-6-13(10-15(17)18)24(21,22)20-9-8-12-11-19-16-5-3-2-4-14(12)16/h2-7,10-11,19-20H,8-9H2,1H3. The van der Waals surface area contributed by atoms with Gasteiger partial charge in [-0.25, -0.2) is 13.1 Å². The highest BCUT2D eigenvalue weighted by molar-refractivity contribution is 9.10. The quantitative estimate of drug-likeness (QED) is 0.655. The first-order valence-electron chi connectivity index (χ1n) is 7.39. The number of ether oxygens (including phenoxy) is 1. The van der Waals surface area contributed by atoms with Crippen LogP contribution in [0.4, 0.5) is 0 Å². The maximum atomic E-state index is 12.4. The number of sulfonamides is 1. The van der Waals surface area contributed by atoms with E-state index in [1.165, 1.54) is 19.2 Å². The minimum Gasteiger partial charge on any atom is -0.496 e. The summed E-state index contributed by atoms with van der Waals surface area (Å²) >= 11 is 3.31. The van der Waals surface area contributed by atoms with E-state index < -0.39 is 10.0 Å². The first kappa shape index (κ1) is 17.0. The molecule has 1 aromatic heterocycles. The van der Waals surface area contributed by atoms with E-state index in [9.17, 15) is 8.42 Å². The summed E-state index contributed by atoms with van der Waals surface area (Å²) in [5, 5.41) is 1.11. The van der Waals surface area contributed by atoms with Crippen LogP contribution in [0.5, 0.6) is 5.75 Å². The third kappa shape index (κ3) is 3.48. The van der Waals surface area contributed by atoms with E-state index in [0.717, 1.165) is 16.5 Å². The molecule has 3 rings (SSSR count). The predicted octanol–water partition coefficient (Wildman–Crippen LogP) is 3.46. The molecule has 1 heterocycles. The van der Waals surface area contributed by atoms with E-state index in [1.54, 1.807) is 6.07 Å². The zero-order chi connectivity index (χ0) is 17.2. The van der Waals surface area contributed by atoms with Crippen molar-refractivity contribution >= 4 is 36.9 Å². The Morgan fingerprint density at radius 3 is 2.75 bits per heavy atom. The molecule has 5 nitrogen and oxygen atoms in total. The highest BCUT2D eigenvalue weighted by Crippen LogP contribution is 2.27. The van der Waals surface area contributed by atoms with Gasteiger partial charge in [0.05, 0.1) is 16.5 Å². The van der Waals surface area contributed by atoms with E-state index in [-0.39, 0.29) is 4.90 Å². The third-order valence-electron chi connectivity index (χ3n) is 3.79. The van der Waals surface area contributed by atoms with E-state index in [1.807, 2.05) is 30.5 Å². The van der Waals surface area contributed by atoms with Crippen molar-refractivity contribution in [1.82, 2.24) is 9.71 Å². The van der Waals surface area contributed by atoms with Crippen molar-refractivity contribution in [3.05, 3.63) is 58.7 Å². The fourth-order valence-corrected chi connectivity index (χ4v) is 4.31. The Morgan fingerprint density at radius 1 is 1.21 bits per heavy atom. The smallest absolute Gasteiger partial charge is 0.240 e. The third-order valence-corrected chi connectivity index (χ3v) is 5.87. The van der Waals surface area contributed by atoms with Crippen molar-refractivity contribution in [3.8, 4) is 5.75 Å². The predicted molar refractivity (Wildman–Crippen MR) is 97.9 cm³/mol. The largest absolute Gasteiger partial charge is 0.496 e. The minimum absolute atomic E-state index is 0.203. The van der Waals surface area contributed by atoms with Gasteiger partial charge in [-0.15, -0.1) is 0 Å². The molecular formula is C17H17BrN2O3S. The number of para-hydroxylation sites is 1. The number of fused-ring (bicyclic) bond motifs is 1. The molecule has 2 N–H and O–H groups in total. The van der Waals surface area contributed by atoms with Crippen molar-refractivity contribution in [2.75, 3.05) is 13.7 Å². The second-order valence-corrected chi connectivity index (χ2v) is 7.92. The van der Waals surface area contributed by atoms with Crippen LogP contribution < -0.4 is 9.46 Å². The Bertz CT molecular complexity index is 967. The lowest BCUT2D eigenvalue weighted by Gasteiger charge is -2.09. The minimum atomic E-state index is -3.56. The molecule has 0 saturated heterocycles. The molecule has 0 spiro atoms. The zero-order valence-corrected chi connectivity index (χ0v) is 15.4. The summed E-state index contributed by atoms with van der Waals surface area (Å²) in [5.41, 5.74) is 2.14. The van der Waals surface area contributed by atoms with Gasteiger partial charge in [-0.05, 0) is 52.2 Å². The molecule has 0 amide bonds. The number of benzene rings is 2. The van der Waals surface area contributed by atoms with Gasteiger partial charge in [0.25, 0.3) is 0 Å². The first-order chi connectivity index (χ1) is 11.5. The second-order valence-electron chi connectivity index (χ2n) is 5.30. The van der Waals surface area contributed by atoms with Gasteiger partial charge in [-0.3, -0.25) is 0 Å². The molecule has 3 aromatic rings. The number of hydrogen-bond donors (Lipinski definition) is 2. The maximum absolute atomic E-state index is 12.4. The molecule has 0 unspecified atom stereocenters. The molecular weight excluding hydrogens is 392 g/mol. The number of rotatable bonds is 6. The summed E-state index contributed by atoms with van der Waals surface area (Å²) in [5.74, 6) is 0.591. The molecule has 0 fully saturated rings. The van der Waals surface area contributed by atoms with Crippen molar-refractivity contribution in [3.63, 3.8) is 0 Å². The molecule has 0 aliphatic heterocycles. The Balaban J connectivity index is 1.70. The number of aromatic amines is 1. The van der Waals surface area contributed by atoms with Gasteiger partial charge < -0.3 is 9.72 Å². The molecule has 7 heteroatoms. The Labute approximate surface area is 149 Å². The van der Waals surface area contributed by atoms with Crippen molar-refractivity contribution in [2.24, 2.45) is 0 Å². The van der Waals surface area contributed by atoms with Crippen LogP contribution in [-0.2, 0) is 16.4 Å². The fourth-order valence-electron chi connectivity index (χ4n) is 2.56. The fraction of sp³-hybridized carbons (Fsp3) is 0.176. The monoisotopic (exact) mass is 408 g/mol. The van der Waals surface area contributed by atoms with Crippen molar-refractivity contribution in [2.45, 2.75) is 11.3 Å². The summed E-state index contributed by atoms with van der Waals surface area (Å²) in [4.78, 5) is 3.39. The Hall–Kier alpha value is -1.83. The van der Waals surface area contributed by atoms with E-state index in [4.69, 9.17) is 4.74 Å². The van der Waals surface area contributed by atoms with Gasteiger partial charge >= 0.3 is 0 Å². The summed E-state index contributed by atoms with van der Waals surface area (Å²) < 4.78 is 33.2. The number of H-pyrrole nitrogens is 1. The summed E-state index contributed by atoms with van der Waals surface area (Å²) in [7, 11) is -2.02. The van der Waals surface area contributed by atoms with Gasteiger partial charge in [0.1, 0.15) is 5.75 Å². The molecule has 0 aliphatic carbocycles. The molecule has 0 aliphatic rings. The zero-order valence-electron chi connectivity index (χ0n) is 13.0. The van der Waals surface area contributed by atoms with Gasteiger partial charge in [-0.2, -0.15) is 0 Å². The van der Waals surface area contributed by atoms with Crippen molar-refractivity contribution < 1.29 is 13.2 Å². The Morgan fingerprint density at radius 2 is 2.00 bits per heavy atom. The number of nitrogens with one attached hydrogen (secondary N) is 2. The molecule has 0 atom stereocenters.